The van der Waals surface area contributed by atoms with E-state index >= 15 is 0 Å². The molecular formula is C10H10O3S. The Morgan fingerprint density at radius 2 is 2.00 bits per heavy atom. The normalized spacial score (nSPS) is 9.79. The van der Waals surface area contributed by atoms with Crippen LogP contribution in [0.2, 0.25) is 0 Å². The van der Waals surface area contributed by atoms with Gasteiger partial charge in [-0.3, -0.25) is 4.79 Å². The van der Waals surface area contributed by atoms with E-state index in [1.165, 1.54) is 23.9 Å². The average Bonchev–Trinajstić information content (AvgIpc) is 2.18. The fourth-order valence-electron chi connectivity index (χ4n) is 0.994. The summed E-state index contributed by atoms with van der Waals surface area (Å²) in [5.74, 6) is -0.322. The lowest BCUT2D eigenvalue weighted by Gasteiger charge is -1.99. The Hall–Kier alpha value is -1.29. The van der Waals surface area contributed by atoms with E-state index in [4.69, 9.17) is 5.11 Å². The molecule has 1 aromatic rings. The number of aromatic carboxylic acids is 1. The highest BCUT2D eigenvalue weighted by molar-refractivity contribution is 8.14. The lowest BCUT2D eigenvalue weighted by molar-refractivity contribution is 0.0697. The summed E-state index contributed by atoms with van der Waals surface area (Å²) in [5.41, 5.74) is 0.587. The smallest absolute Gasteiger partial charge is 0.335 e. The number of benzene rings is 1. The topological polar surface area (TPSA) is 54.4 Å². The first kappa shape index (κ1) is 10.8. The molecule has 0 aliphatic rings. The molecule has 1 N–H and O–H groups in total. The summed E-state index contributed by atoms with van der Waals surface area (Å²) in [6, 6.07) is 6.06. The summed E-state index contributed by atoms with van der Waals surface area (Å²) in [6.07, 6.45) is 0. The Kier molecular flexibility index (Phi) is 3.71. The molecule has 0 saturated carbocycles. The van der Waals surface area contributed by atoms with Crippen molar-refractivity contribution in [3.8, 4) is 0 Å². The maximum absolute atomic E-state index is 11.4. The zero-order chi connectivity index (χ0) is 10.6. The molecule has 0 spiro atoms. The van der Waals surface area contributed by atoms with E-state index in [-0.39, 0.29) is 10.7 Å². The third-order valence-electron chi connectivity index (χ3n) is 1.62. The molecule has 0 aliphatic heterocycles. The first-order valence-corrected chi connectivity index (χ1v) is 5.14. The van der Waals surface area contributed by atoms with Crippen LogP contribution in [0.25, 0.3) is 0 Å². The van der Waals surface area contributed by atoms with Gasteiger partial charge in [-0.25, -0.2) is 4.79 Å². The molecule has 0 unspecified atom stereocenters. The lowest BCUT2D eigenvalue weighted by Crippen LogP contribution is -2.00. The molecule has 0 saturated heterocycles. The second-order valence-corrected chi connectivity index (χ2v) is 3.84. The van der Waals surface area contributed by atoms with Crippen molar-refractivity contribution in [2.24, 2.45) is 0 Å². The van der Waals surface area contributed by atoms with Gasteiger partial charge >= 0.3 is 5.97 Å². The molecule has 0 heterocycles. The second-order valence-electron chi connectivity index (χ2n) is 2.61. The fourth-order valence-corrected chi connectivity index (χ4v) is 1.55. The maximum atomic E-state index is 11.4. The van der Waals surface area contributed by atoms with Crippen LogP contribution in [0.15, 0.2) is 24.3 Å². The predicted molar refractivity (Wildman–Crippen MR) is 55.9 cm³/mol. The molecule has 1 rings (SSSR count). The summed E-state index contributed by atoms with van der Waals surface area (Å²) in [6.45, 7) is 1.88. The van der Waals surface area contributed by atoms with Crippen molar-refractivity contribution in [1.82, 2.24) is 0 Å². The van der Waals surface area contributed by atoms with Crippen molar-refractivity contribution < 1.29 is 14.7 Å². The predicted octanol–water partition coefficient (Wildman–Crippen LogP) is 2.28. The highest BCUT2D eigenvalue weighted by Crippen LogP contribution is 2.13. The maximum Gasteiger partial charge on any atom is 0.335 e. The zero-order valence-corrected chi connectivity index (χ0v) is 8.50. The SMILES string of the molecule is CCSC(=O)c1cccc(C(=O)O)c1. The lowest BCUT2D eigenvalue weighted by atomic mass is 10.1. The molecule has 4 heteroatoms. The first-order valence-electron chi connectivity index (χ1n) is 4.15. The zero-order valence-electron chi connectivity index (χ0n) is 7.69. The molecule has 14 heavy (non-hydrogen) atoms. The Morgan fingerprint density at radius 3 is 2.57 bits per heavy atom. The third-order valence-corrected chi connectivity index (χ3v) is 2.41. The van der Waals surface area contributed by atoms with Gasteiger partial charge in [-0.2, -0.15) is 0 Å². The van der Waals surface area contributed by atoms with Gasteiger partial charge in [-0.15, -0.1) is 0 Å². The van der Waals surface area contributed by atoms with Crippen LogP contribution in [0, 0.1) is 0 Å². The molecule has 1 aromatic carbocycles. The monoisotopic (exact) mass is 210 g/mol. The van der Waals surface area contributed by atoms with E-state index in [1.54, 1.807) is 12.1 Å². The van der Waals surface area contributed by atoms with Crippen LogP contribution in [0.4, 0.5) is 0 Å². The fraction of sp³-hybridized carbons (Fsp3) is 0.200. The van der Waals surface area contributed by atoms with Gasteiger partial charge in [0.05, 0.1) is 5.56 Å². The quantitative estimate of drug-likeness (QED) is 0.831. The number of carbonyl (C=O) groups excluding carboxylic acids is 1. The highest BCUT2D eigenvalue weighted by atomic mass is 32.2. The van der Waals surface area contributed by atoms with Gasteiger partial charge < -0.3 is 5.11 Å². The van der Waals surface area contributed by atoms with Gasteiger partial charge in [-0.1, -0.05) is 30.8 Å². The van der Waals surface area contributed by atoms with Crippen molar-refractivity contribution in [3.63, 3.8) is 0 Å². The summed E-state index contributed by atoms with van der Waals surface area (Å²) >= 11 is 1.17. The number of hydrogen-bond donors (Lipinski definition) is 1. The second kappa shape index (κ2) is 4.81. The van der Waals surface area contributed by atoms with Crippen LogP contribution in [-0.2, 0) is 0 Å². The summed E-state index contributed by atoms with van der Waals surface area (Å²) in [7, 11) is 0. The van der Waals surface area contributed by atoms with Crippen molar-refractivity contribution in [2.75, 3.05) is 5.75 Å². The largest absolute Gasteiger partial charge is 0.478 e. The van der Waals surface area contributed by atoms with Crippen LogP contribution in [0.5, 0.6) is 0 Å². The molecule has 0 atom stereocenters. The van der Waals surface area contributed by atoms with Crippen molar-refractivity contribution in [2.45, 2.75) is 6.92 Å². The third kappa shape index (κ3) is 2.60. The van der Waals surface area contributed by atoms with Gasteiger partial charge in [0.25, 0.3) is 0 Å². The van der Waals surface area contributed by atoms with Crippen LogP contribution >= 0.6 is 11.8 Å². The minimum Gasteiger partial charge on any atom is -0.478 e. The van der Waals surface area contributed by atoms with Gasteiger partial charge in [0.15, 0.2) is 0 Å². The van der Waals surface area contributed by atoms with Crippen molar-refractivity contribution in [3.05, 3.63) is 35.4 Å². The number of rotatable bonds is 3. The van der Waals surface area contributed by atoms with E-state index in [1.807, 2.05) is 6.92 Å². The summed E-state index contributed by atoms with van der Waals surface area (Å²) < 4.78 is 0. The summed E-state index contributed by atoms with van der Waals surface area (Å²) in [4.78, 5) is 22.0. The number of hydrogen-bond acceptors (Lipinski definition) is 3. The van der Waals surface area contributed by atoms with E-state index < -0.39 is 5.97 Å². The minimum absolute atomic E-state index is 0.0874. The van der Waals surface area contributed by atoms with E-state index in [9.17, 15) is 9.59 Å². The van der Waals surface area contributed by atoms with Crippen molar-refractivity contribution in [1.29, 1.82) is 0 Å². The van der Waals surface area contributed by atoms with Crippen LogP contribution in [-0.4, -0.2) is 21.9 Å². The summed E-state index contributed by atoms with van der Waals surface area (Å²) in [5, 5.41) is 8.62. The van der Waals surface area contributed by atoms with Gasteiger partial charge in [0.2, 0.25) is 5.12 Å². The van der Waals surface area contributed by atoms with E-state index in [0.29, 0.717) is 11.3 Å². The van der Waals surface area contributed by atoms with Crippen LogP contribution in [0.3, 0.4) is 0 Å². The Bertz CT molecular complexity index is 360. The number of carboxylic acid groups (broad SMARTS) is 1. The molecule has 0 aliphatic carbocycles. The molecule has 0 radical (unpaired) electrons. The Labute approximate surface area is 86.1 Å². The first-order chi connectivity index (χ1) is 6.65. The van der Waals surface area contributed by atoms with Gasteiger partial charge in [0, 0.05) is 5.56 Å². The van der Waals surface area contributed by atoms with Gasteiger partial charge in [0.1, 0.15) is 0 Å². The standard InChI is InChI=1S/C10H10O3S/c1-2-14-10(13)8-5-3-4-7(6-8)9(11)12/h3-6H,2H2,1H3,(H,11,12). The molecule has 0 aromatic heterocycles. The number of carbonyl (C=O) groups is 2. The van der Waals surface area contributed by atoms with Crippen LogP contribution in [0.1, 0.15) is 27.6 Å². The Morgan fingerprint density at radius 1 is 1.36 bits per heavy atom. The Balaban J connectivity index is 2.93. The van der Waals surface area contributed by atoms with E-state index in [0.717, 1.165) is 0 Å². The molecule has 74 valence electrons. The molecule has 0 bridgehead atoms. The number of thioether (sulfide) groups is 1. The molecule has 0 fully saturated rings. The minimum atomic E-state index is -1.01. The molecule has 3 nitrogen and oxygen atoms in total. The van der Waals surface area contributed by atoms with E-state index in [2.05, 4.69) is 0 Å². The van der Waals surface area contributed by atoms with Crippen LogP contribution < -0.4 is 0 Å². The molecular weight excluding hydrogens is 200 g/mol. The highest BCUT2D eigenvalue weighted by Gasteiger charge is 2.08. The molecule has 0 amide bonds. The van der Waals surface area contributed by atoms with Crippen molar-refractivity contribution >= 4 is 22.8 Å². The van der Waals surface area contributed by atoms with Gasteiger partial charge in [-0.05, 0) is 17.9 Å². The average molecular weight is 210 g/mol. The number of carboxylic acids is 1.